The Labute approximate surface area is 188 Å². The van der Waals surface area contributed by atoms with Crippen LogP contribution in [0.25, 0.3) is 0 Å². The molecular formula is C23H35NO8. The summed E-state index contributed by atoms with van der Waals surface area (Å²) in [5.74, 6) is -4.31. The third kappa shape index (κ3) is 7.46. The molecule has 0 spiro atoms. The zero-order valence-electron chi connectivity index (χ0n) is 20.4. The molecule has 180 valence electrons. The Bertz CT molecular complexity index is 910. The molecule has 9 nitrogen and oxygen atoms in total. The van der Waals surface area contributed by atoms with Crippen LogP contribution in [0.2, 0.25) is 0 Å². The SMILES string of the molecule is CCCC(=O)NC(C(=O)OC(C)(C)C)C(C(=O)OC(C)(C)C)c1c(OC(C)C)c(=O)c1=O. The molecule has 1 N–H and O–H groups in total. The van der Waals surface area contributed by atoms with Gasteiger partial charge in [0.1, 0.15) is 23.2 Å². The van der Waals surface area contributed by atoms with Gasteiger partial charge >= 0.3 is 11.9 Å². The highest BCUT2D eigenvalue weighted by Crippen LogP contribution is 2.30. The van der Waals surface area contributed by atoms with Gasteiger partial charge in [-0.2, -0.15) is 0 Å². The molecule has 2 atom stereocenters. The summed E-state index contributed by atoms with van der Waals surface area (Å²) < 4.78 is 16.3. The third-order valence-corrected chi connectivity index (χ3v) is 4.01. The van der Waals surface area contributed by atoms with Crippen molar-refractivity contribution in [2.45, 2.75) is 104 Å². The molecule has 0 heterocycles. The van der Waals surface area contributed by atoms with Crippen molar-refractivity contribution in [2.24, 2.45) is 0 Å². The largest absolute Gasteiger partial charge is 0.486 e. The summed E-state index contributed by atoms with van der Waals surface area (Å²) >= 11 is 0. The van der Waals surface area contributed by atoms with E-state index in [9.17, 15) is 24.0 Å². The van der Waals surface area contributed by atoms with Crippen LogP contribution in [0.1, 0.15) is 86.6 Å². The maximum absolute atomic E-state index is 13.2. The van der Waals surface area contributed by atoms with Crippen molar-refractivity contribution in [1.29, 1.82) is 0 Å². The number of ether oxygens (including phenoxy) is 3. The molecule has 1 aromatic carbocycles. The monoisotopic (exact) mass is 453 g/mol. The summed E-state index contributed by atoms with van der Waals surface area (Å²) in [6, 6.07) is -1.58. The summed E-state index contributed by atoms with van der Waals surface area (Å²) in [7, 11) is 0. The number of nitrogens with one attached hydrogen (secondary N) is 1. The standard InChI is InChI=1S/C23H35NO8/c1-10-11-13(25)24-16(21(29)32-23(7,8)9)14(20(28)31-22(4,5)6)15-17(26)18(27)19(15)30-12(2)3/h12,14,16H,10-11H2,1-9H3,(H,24,25). The molecule has 0 radical (unpaired) electrons. The smallest absolute Gasteiger partial charge is 0.330 e. The molecule has 0 saturated carbocycles. The van der Waals surface area contributed by atoms with Gasteiger partial charge in [0.25, 0.3) is 5.43 Å². The van der Waals surface area contributed by atoms with Crippen LogP contribution in [0.4, 0.5) is 0 Å². The lowest BCUT2D eigenvalue weighted by Gasteiger charge is -2.32. The Morgan fingerprint density at radius 1 is 0.875 bits per heavy atom. The van der Waals surface area contributed by atoms with Crippen LogP contribution in [0.3, 0.4) is 0 Å². The lowest BCUT2D eigenvalue weighted by atomic mass is 9.86. The van der Waals surface area contributed by atoms with Gasteiger partial charge in [-0.1, -0.05) is 6.92 Å². The van der Waals surface area contributed by atoms with Gasteiger partial charge in [0, 0.05) is 6.42 Å². The maximum atomic E-state index is 13.2. The van der Waals surface area contributed by atoms with Gasteiger partial charge in [0.15, 0.2) is 5.75 Å². The molecule has 0 saturated heterocycles. The molecule has 1 aromatic rings. The molecule has 9 heteroatoms. The molecule has 0 fully saturated rings. The highest BCUT2D eigenvalue weighted by molar-refractivity contribution is 5.93. The number of carbonyl (C=O) groups is 3. The molecule has 0 aromatic heterocycles. The summed E-state index contributed by atoms with van der Waals surface area (Å²) in [6.45, 7) is 14.8. The van der Waals surface area contributed by atoms with Crippen LogP contribution in [-0.2, 0) is 23.9 Å². The summed E-state index contributed by atoms with van der Waals surface area (Å²) in [4.78, 5) is 63.4. The first-order chi connectivity index (χ1) is 14.5. The first-order valence-electron chi connectivity index (χ1n) is 10.7. The number of rotatable bonds is 9. The lowest BCUT2D eigenvalue weighted by molar-refractivity contribution is -0.167. The highest BCUT2D eigenvalue weighted by Gasteiger charge is 2.46. The predicted octanol–water partition coefficient (Wildman–Crippen LogP) is 2.12. The fraction of sp³-hybridized carbons (Fsp3) is 0.696. The maximum Gasteiger partial charge on any atom is 0.330 e. The molecule has 0 bridgehead atoms. The fourth-order valence-corrected chi connectivity index (χ4v) is 2.93. The first-order valence-corrected chi connectivity index (χ1v) is 10.7. The Morgan fingerprint density at radius 3 is 1.81 bits per heavy atom. The van der Waals surface area contributed by atoms with Gasteiger partial charge in [0.2, 0.25) is 11.3 Å². The topological polar surface area (TPSA) is 125 Å². The van der Waals surface area contributed by atoms with Gasteiger partial charge in [-0.15, -0.1) is 0 Å². The molecule has 1 rings (SSSR count). The van der Waals surface area contributed by atoms with Gasteiger partial charge in [-0.3, -0.25) is 19.2 Å². The second-order valence-electron chi connectivity index (χ2n) is 9.91. The number of carbonyl (C=O) groups excluding carboxylic acids is 3. The minimum absolute atomic E-state index is 0.0849. The minimum atomic E-state index is -1.61. The first kappa shape index (κ1) is 27.3. The van der Waals surface area contributed by atoms with E-state index in [-0.39, 0.29) is 17.7 Å². The third-order valence-electron chi connectivity index (χ3n) is 4.01. The average Bonchev–Trinajstić information content (AvgIpc) is 2.59. The fourth-order valence-electron chi connectivity index (χ4n) is 2.93. The molecule has 0 aliphatic rings. The van der Waals surface area contributed by atoms with Crippen LogP contribution < -0.4 is 20.9 Å². The molecule has 2 unspecified atom stereocenters. The van der Waals surface area contributed by atoms with Gasteiger partial charge in [-0.25, -0.2) is 4.79 Å². The van der Waals surface area contributed by atoms with Crippen LogP contribution in [0.5, 0.6) is 5.75 Å². The summed E-state index contributed by atoms with van der Waals surface area (Å²) in [5.41, 5.74) is -4.06. The normalized spacial score (nSPS) is 14.1. The second kappa shape index (κ2) is 10.3. The van der Waals surface area contributed by atoms with Crippen LogP contribution >= 0.6 is 0 Å². The lowest BCUT2D eigenvalue weighted by Crippen LogP contribution is -2.54. The predicted molar refractivity (Wildman–Crippen MR) is 118 cm³/mol. The Kier molecular flexibility index (Phi) is 8.77. The van der Waals surface area contributed by atoms with E-state index in [2.05, 4.69) is 5.32 Å². The van der Waals surface area contributed by atoms with E-state index in [1.807, 2.05) is 0 Å². The van der Waals surface area contributed by atoms with E-state index in [0.29, 0.717) is 6.42 Å². The minimum Gasteiger partial charge on any atom is -0.486 e. The Hall–Kier alpha value is -2.71. The van der Waals surface area contributed by atoms with Crippen molar-refractivity contribution in [3.05, 3.63) is 26.0 Å². The van der Waals surface area contributed by atoms with Crippen LogP contribution in [0, 0.1) is 0 Å². The highest BCUT2D eigenvalue weighted by atomic mass is 16.6. The number of esters is 2. The van der Waals surface area contributed by atoms with Crippen molar-refractivity contribution >= 4 is 17.8 Å². The van der Waals surface area contributed by atoms with E-state index >= 15 is 0 Å². The number of amides is 1. The average molecular weight is 454 g/mol. The second-order valence-corrected chi connectivity index (χ2v) is 9.91. The van der Waals surface area contributed by atoms with E-state index < -0.39 is 58.0 Å². The number of hydrogen-bond acceptors (Lipinski definition) is 8. The Balaban J connectivity index is 3.64. The molecular weight excluding hydrogens is 418 g/mol. The van der Waals surface area contributed by atoms with E-state index in [0.717, 1.165) is 0 Å². The van der Waals surface area contributed by atoms with E-state index in [4.69, 9.17) is 14.2 Å². The van der Waals surface area contributed by atoms with Crippen molar-refractivity contribution < 1.29 is 28.6 Å². The molecule has 0 aliphatic carbocycles. The van der Waals surface area contributed by atoms with E-state index in [1.54, 1.807) is 62.3 Å². The van der Waals surface area contributed by atoms with Crippen molar-refractivity contribution in [2.75, 3.05) is 0 Å². The zero-order valence-corrected chi connectivity index (χ0v) is 20.4. The zero-order chi connectivity index (χ0) is 25.0. The van der Waals surface area contributed by atoms with Gasteiger partial charge < -0.3 is 19.5 Å². The van der Waals surface area contributed by atoms with E-state index in [1.165, 1.54) is 0 Å². The van der Waals surface area contributed by atoms with Gasteiger partial charge in [0.05, 0.1) is 11.7 Å². The Morgan fingerprint density at radius 2 is 1.38 bits per heavy atom. The number of hydrogen-bond donors (Lipinski definition) is 1. The van der Waals surface area contributed by atoms with Crippen LogP contribution in [-0.4, -0.2) is 41.2 Å². The molecule has 0 aliphatic heterocycles. The molecule has 1 amide bonds. The van der Waals surface area contributed by atoms with Crippen LogP contribution in [0.15, 0.2) is 9.59 Å². The van der Waals surface area contributed by atoms with Gasteiger partial charge in [-0.05, 0) is 61.8 Å². The quantitative estimate of drug-likeness (QED) is 0.445. The van der Waals surface area contributed by atoms with Crippen molar-refractivity contribution in [3.63, 3.8) is 0 Å². The van der Waals surface area contributed by atoms with Crippen molar-refractivity contribution in [1.82, 2.24) is 5.32 Å². The molecule has 32 heavy (non-hydrogen) atoms. The van der Waals surface area contributed by atoms with Crippen molar-refractivity contribution in [3.8, 4) is 5.75 Å². The summed E-state index contributed by atoms with van der Waals surface area (Å²) in [5, 5.41) is 2.50. The summed E-state index contributed by atoms with van der Waals surface area (Å²) in [6.07, 6.45) is 0.110.